The normalized spacial score (nSPS) is 10.8. The predicted molar refractivity (Wildman–Crippen MR) is 101 cm³/mol. The lowest BCUT2D eigenvalue weighted by atomic mass is 10.1. The smallest absolute Gasteiger partial charge is 0.248 e. The Morgan fingerprint density at radius 2 is 1.96 bits per heavy atom. The van der Waals surface area contributed by atoms with Gasteiger partial charge >= 0.3 is 0 Å². The molecule has 2 aromatic carbocycles. The third-order valence-corrected chi connectivity index (χ3v) is 4.15. The number of tetrazole rings is 2. The van der Waals surface area contributed by atoms with Crippen molar-refractivity contribution in [3.8, 4) is 17.1 Å². The van der Waals surface area contributed by atoms with Crippen LogP contribution in [0.2, 0.25) is 0 Å². The third-order valence-electron chi connectivity index (χ3n) is 4.15. The van der Waals surface area contributed by atoms with Gasteiger partial charge in [-0.1, -0.05) is 24.3 Å². The highest BCUT2D eigenvalue weighted by Gasteiger charge is 2.14. The van der Waals surface area contributed by atoms with Crippen molar-refractivity contribution in [1.82, 2.24) is 40.4 Å². The number of hydrogen-bond donors (Lipinski definition) is 1. The van der Waals surface area contributed by atoms with E-state index in [1.807, 2.05) is 56.3 Å². The van der Waals surface area contributed by atoms with Crippen molar-refractivity contribution in [3.63, 3.8) is 0 Å². The summed E-state index contributed by atoms with van der Waals surface area (Å²) in [7, 11) is 0. The number of aryl methyl sites for hydroxylation is 2. The number of amides is 1. The average Bonchev–Trinajstić information content (AvgIpc) is 3.37. The van der Waals surface area contributed by atoms with E-state index < -0.39 is 0 Å². The lowest BCUT2D eigenvalue weighted by molar-refractivity contribution is -0.117. The first-order chi connectivity index (χ1) is 13.6. The van der Waals surface area contributed by atoms with Gasteiger partial charge in [0.15, 0.2) is 0 Å². The van der Waals surface area contributed by atoms with Gasteiger partial charge in [-0.2, -0.15) is 9.48 Å². The maximum Gasteiger partial charge on any atom is 0.248 e. The monoisotopic (exact) mass is 375 g/mol. The molecule has 0 unspecified atom stereocenters. The molecule has 0 bridgehead atoms. The van der Waals surface area contributed by atoms with Crippen LogP contribution in [0.1, 0.15) is 11.1 Å². The topological polar surface area (TPSA) is 116 Å². The molecule has 4 rings (SSSR count). The maximum absolute atomic E-state index is 12.4. The predicted octanol–water partition coefficient (Wildman–Crippen LogP) is 1.57. The number of carbonyl (C=O) groups excluding carboxylic acids is 1. The number of nitrogens with zero attached hydrogens (tertiary/aromatic N) is 8. The fourth-order valence-corrected chi connectivity index (χ4v) is 2.74. The number of benzene rings is 2. The van der Waals surface area contributed by atoms with Gasteiger partial charge in [-0.05, 0) is 58.8 Å². The zero-order chi connectivity index (χ0) is 19.5. The molecular formula is C18H17N9O. The number of nitrogens with one attached hydrogen (secondary N) is 1. The van der Waals surface area contributed by atoms with Gasteiger partial charge in [0.25, 0.3) is 0 Å². The molecule has 28 heavy (non-hydrogen) atoms. The van der Waals surface area contributed by atoms with E-state index in [1.54, 1.807) is 0 Å². The van der Waals surface area contributed by atoms with Crippen LogP contribution in [0, 0.1) is 13.8 Å². The second kappa shape index (κ2) is 7.35. The summed E-state index contributed by atoms with van der Waals surface area (Å²) in [6.45, 7) is 3.87. The summed E-state index contributed by atoms with van der Waals surface area (Å²) in [5, 5.41) is 26.5. The Hall–Kier alpha value is -3.95. The Labute approximate surface area is 160 Å². The van der Waals surface area contributed by atoms with Crippen molar-refractivity contribution in [2.75, 3.05) is 5.32 Å². The summed E-state index contributed by atoms with van der Waals surface area (Å²) < 4.78 is 1.52. The van der Waals surface area contributed by atoms with Crippen molar-refractivity contribution in [2.45, 2.75) is 20.4 Å². The number of hydrogen-bond acceptors (Lipinski definition) is 7. The largest absolute Gasteiger partial charge is 0.324 e. The molecule has 0 saturated heterocycles. The summed E-state index contributed by atoms with van der Waals surface area (Å²) >= 11 is 0. The summed E-state index contributed by atoms with van der Waals surface area (Å²) in [6.07, 6.45) is 1.49. The van der Waals surface area contributed by atoms with Gasteiger partial charge in [0.05, 0.1) is 5.69 Å². The summed E-state index contributed by atoms with van der Waals surface area (Å²) in [6, 6.07) is 13.3. The number of aromatic nitrogens is 8. The third kappa shape index (κ3) is 3.61. The lowest BCUT2D eigenvalue weighted by Crippen LogP contribution is -2.21. The van der Waals surface area contributed by atoms with Crippen molar-refractivity contribution in [1.29, 1.82) is 0 Å². The van der Waals surface area contributed by atoms with E-state index in [4.69, 9.17) is 0 Å². The number of rotatable bonds is 5. The average molecular weight is 375 g/mol. The van der Waals surface area contributed by atoms with E-state index in [1.165, 1.54) is 15.8 Å². The number of para-hydroxylation sites is 1. The fourth-order valence-electron chi connectivity index (χ4n) is 2.74. The first-order valence-corrected chi connectivity index (χ1v) is 8.58. The molecule has 2 aromatic heterocycles. The van der Waals surface area contributed by atoms with E-state index in [-0.39, 0.29) is 12.5 Å². The minimum Gasteiger partial charge on any atom is -0.324 e. The van der Waals surface area contributed by atoms with E-state index in [2.05, 4.69) is 36.3 Å². The van der Waals surface area contributed by atoms with Crippen LogP contribution in [-0.4, -0.2) is 46.3 Å². The van der Waals surface area contributed by atoms with Crippen molar-refractivity contribution in [3.05, 3.63) is 59.9 Å². The van der Waals surface area contributed by atoms with Crippen LogP contribution in [0.15, 0.2) is 48.8 Å². The van der Waals surface area contributed by atoms with Crippen LogP contribution in [0.4, 0.5) is 5.69 Å². The van der Waals surface area contributed by atoms with Gasteiger partial charge in [0.1, 0.15) is 12.9 Å². The number of carbonyl (C=O) groups is 1. The van der Waals surface area contributed by atoms with Crippen LogP contribution >= 0.6 is 0 Å². The Kier molecular flexibility index (Phi) is 4.58. The fraction of sp³-hybridized carbons (Fsp3) is 0.167. The first-order valence-electron chi connectivity index (χ1n) is 8.58. The Morgan fingerprint density at radius 3 is 2.79 bits per heavy atom. The molecule has 2 heterocycles. The molecule has 10 nitrogen and oxygen atoms in total. The van der Waals surface area contributed by atoms with Gasteiger partial charge in [-0.3, -0.25) is 4.79 Å². The van der Waals surface area contributed by atoms with E-state index >= 15 is 0 Å². The van der Waals surface area contributed by atoms with Crippen LogP contribution in [0.5, 0.6) is 0 Å². The molecule has 0 saturated carbocycles. The Balaban J connectivity index is 1.53. The SMILES string of the molecule is Cc1ccc(C)c(NC(=O)Cn2nnc(-c3ccccc3-n3cnnn3)n2)c1. The standard InChI is InChI=1S/C18H17N9O/c1-12-7-8-13(2)15(9-12)20-17(28)10-27-22-18(21-24-27)14-5-3-4-6-16(14)26-11-19-23-25-26/h3-9,11H,10H2,1-2H3,(H,20,28). The number of anilines is 1. The molecule has 0 spiro atoms. The van der Waals surface area contributed by atoms with Gasteiger partial charge < -0.3 is 5.32 Å². The second-order valence-electron chi connectivity index (χ2n) is 6.28. The lowest BCUT2D eigenvalue weighted by Gasteiger charge is -2.08. The van der Waals surface area contributed by atoms with Gasteiger partial charge in [-0.25, -0.2) is 0 Å². The quantitative estimate of drug-likeness (QED) is 0.563. The highest BCUT2D eigenvalue weighted by Crippen LogP contribution is 2.22. The molecule has 0 aliphatic heterocycles. The van der Waals surface area contributed by atoms with Crippen molar-refractivity contribution >= 4 is 11.6 Å². The molecule has 140 valence electrons. The summed E-state index contributed by atoms with van der Waals surface area (Å²) in [5.74, 6) is 0.150. The maximum atomic E-state index is 12.4. The molecule has 0 aliphatic rings. The van der Waals surface area contributed by atoms with E-state index in [0.717, 1.165) is 16.8 Å². The molecule has 0 atom stereocenters. The molecule has 0 aliphatic carbocycles. The minimum atomic E-state index is -0.230. The second-order valence-corrected chi connectivity index (χ2v) is 6.28. The summed E-state index contributed by atoms with van der Waals surface area (Å²) in [5.41, 5.74) is 4.25. The molecule has 1 amide bonds. The molecule has 4 aromatic rings. The highest BCUT2D eigenvalue weighted by molar-refractivity contribution is 5.91. The van der Waals surface area contributed by atoms with Crippen molar-refractivity contribution in [2.24, 2.45) is 0 Å². The Morgan fingerprint density at radius 1 is 1.11 bits per heavy atom. The zero-order valence-corrected chi connectivity index (χ0v) is 15.3. The van der Waals surface area contributed by atoms with Crippen molar-refractivity contribution < 1.29 is 4.79 Å². The van der Waals surface area contributed by atoms with Gasteiger partial charge in [0.2, 0.25) is 11.7 Å². The van der Waals surface area contributed by atoms with Gasteiger partial charge in [0, 0.05) is 11.3 Å². The molecule has 0 fully saturated rings. The van der Waals surface area contributed by atoms with Crippen LogP contribution in [0.25, 0.3) is 17.1 Å². The highest BCUT2D eigenvalue weighted by atomic mass is 16.2. The first kappa shape index (κ1) is 17.5. The summed E-state index contributed by atoms with van der Waals surface area (Å²) in [4.78, 5) is 13.6. The molecule has 0 radical (unpaired) electrons. The molecule has 10 heteroatoms. The van der Waals surface area contributed by atoms with E-state index in [9.17, 15) is 4.79 Å². The molecular weight excluding hydrogens is 358 g/mol. The minimum absolute atomic E-state index is 0.0482. The van der Waals surface area contributed by atoms with Gasteiger partial charge in [-0.15, -0.1) is 15.3 Å². The van der Waals surface area contributed by atoms with Crippen LogP contribution in [0.3, 0.4) is 0 Å². The van der Waals surface area contributed by atoms with Crippen LogP contribution < -0.4 is 5.32 Å². The Bertz CT molecular complexity index is 1120. The van der Waals surface area contributed by atoms with E-state index in [0.29, 0.717) is 17.1 Å². The van der Waals surface area contributed by atoms with Crippen LogP contribution in [-0.2, 0) is 11.3 Å². The molecule has 1 N–H and O–H groups in total. The zero-order valence-electron chi connectivity index (χ0n) is 15.3.